The third-order valence-corrected chi connectivity index (χ3v) is 8.08. The monoisotopic (exact) mass is 494 g/mol. The predicted molar refractivity (Wildman–Crippen MR) is 141 cm³/mol. The van der Waals surface area contributed by atoms with Gasteiger partial charge < -0.3 is 15.9 Å². The minimum Gasteiger partial charge on any atom is -0.365 e. The van der Waals surface area contributed by atoms with Gasteiger partial charge >= 0.3 is 0 Å². The fraction of sp³-hybridized carbons (Fsp3) is 0.379. The van der Waals surface area contributed by atoms with Crippen LogP contribution in [0.1, 0.15) is 52.7 Å². The molecule has 2 aliphatic carbocycles. The van der Waals surface area contributed by atoms with Crippen LogP contribution < -0.4 is 11.1 Å². The lowest BCUT2D eigenvalue weighted by Crippen LogP contribution is -2.48. The maximum absolute atomic E-state index is 12.3. The number of carbonyl (C=O) groups excluding carboxylic acids is 2. The van der Waals surface area contributed by atoms with E-state index in [0.29, 0.717) is 0 Å². The summed E-state index contributed by atoms with van der Waals surface area (Å²) in [6.45, 7) is 10.3. The van der Waals surface area contributed by atoms with Crippen LogP contribution in [-0.4, -0.2) is 46.1 Å². The number of nitrogens with two attached hydrogens (primary N) is 1. The van der Waals surface area contributed by atoms with E-state index >= 15 is 0 Å². The van der Waals surface area contributed by atoms with Crippen LogP contribution in [0.5, 0.6) is 0 Å². The molecule has 0 spiro atoms. The van der Waals surface area contributed by atoms with E-state index in [1.54, 1.807) is 10.9 Å². The van der Waals surface area contributed by atoms with Gasteiger partial charge in [0.15, 0.2) is 5.82 Å². The van der Waals surface area contributed by atoms with Crippen molar-refractivity contribution in [3.63, 3.8) is 0 Å². The Labute approximate surface area is 216 Å². The minimum atomic E-state index is -0.633. The summed E-state index contributed by atoms with van der Waals surface area (Å²) in [7, 11) is 0. The number of hydrogen-bond donors (Lipinski definition) is 2. The number of likely N-dealkylation sites (tertiary alicyclic amines) is 1. The molecule has 0 unspecified atom stereocenters. The Balaban J connectivity index is 1.17. The fourth-order valence-corrected chi connectivity index (χ4v) is 5.74. The summed E-state index contributed by atoms with van der Waals surface area (Å²) in [6, 6.07) is 15.4. The molecule has 1 aliphatic heterocycles. The zero-order valence-corrected chi connectivity index (χ0v) is 20.7. The Kier molecular flexibility index (Phi) is 5.81. The van der Waals surface area contributed by atoms with Gasteiger partial charge in [0.2, 0.25) is 12.5 Å². The fourth-order valence-electron chi connectivity index (χ4n) is 5.74. The number of rotatable bonds is 7. The van der Waals surface area contributed by atoms with Crippen molar-refractivity contribution in [2.24, 2.45) is 11.7 Å². The maximum atomic E-state index is 12.3. The average Bonchev–Trinajstić information content (AvgIpc) is 3.56. The number of amides is 2. The third kappa shape index (κ3) is 4.40. The van der Waals surface area contributed by atoms with Crippen LogP contribution in [0.25, 0.3) is 16.0 Å². The van der Waals surface area contributed by atoms with Gasteiger partial charge in [0, 0.05) is 31.7 Å². The summed E-state index contributed by atoms with van der Waals surface area (Å²) in [5.74, 6) is -0.569. The van der Waals surface area contributed by atoms with E-state index < -0.39 is 11.4 Å². The molecule has 2 heterocycles. The Morgan fingerprint density at radius 3 is 2.59 bits per heavy atom. The van der Waals surface area contributed by atoms with Gasteiger partial charge in [-0.2, -0.15) is 5.10 Å². The molecule has 2 aromatic carbocycles. The Morgan fingerprint density at radius 1 is 1.11 bits per heavy atom. The van der Waals surface area contributed by atoms with Crippen LogP contribution in [0.15, 0.2) is 48.7 Å². The van der Waals surface area contributed by atoms with Crippen LogP contribution in [0, 0.1) is 12.5 Å². The lowest BCUT2D eigenvalue weighted by atomic mass is 9.87. The number of benzene rings is 2. The summed E-state index contributed by atoms with van der Waals surface area (Å²) < 4.78 is 1.72. The molecule has 3 aliphatic rings. The number of fused-ring (bicyclic) bond motifs is 3. The lowest BCUT2D eigenvalue weighted by molar-refractivity contribution is -0.117. The molecular weight excluding hydrogens is 464 g/mol. The van der Waals surface area contributed by atoms with Crippen molar-refractivity contribution >= 4 is 17.6 Å². The van der Waals surface area contributed by atoms with E-state index in [0.717, 1.165) is 51.7 Å². The number of nitrogens with zero attached hydrogens (tertiary/aromatic N) is 4. The number of piperidine rings is 1. The molecule has 1 aromatic heterocycles. The molecular formula is C29H30N6O2. The lowest BCUT2D eigenvalue weighted by Gasteiger charge is -2.38. The Bertz CT molecular complexity index is 1420. The molecule has 3 N–H and O–H groups in total. The summed E-state index contributed by atoms with van der Waals surface area (Å²) in [5, 5.41) is 7.37. The van der Waals surface area contributed by atoms with Crippen molar-refractivity contribution < 1.29 is 9.59 Å². The van der Waals surface area contributed by atoms with Crippen molar-refractivity contribution in [1.82, 2.24) is 14.7 Å². The van der Waals surface area contributed by atoms with Gasteiger partial charge in [0.05, 0.1) is 0 Å². The highest BCUT2D eigenvalue weighted by Gasteiger charge is 2.41. The van der Waals surface area contributed by atoms with Crippen LogP contribution >= 0.6 is 0 Å². The zero-order chi connectivity index (χ0) is 25.6. The normalized spacial score (nSPS) is 18.0. The van der Waals surface area contributed by atoms with Gasteiger partial charge in [-0.05, 0) is 59.9 Å². The molecule has 37 heavy (non-hydrogen) atoms. The third-order valence-electron chi connectivity index (χ3n) is 8.08. The standard InChI is InChI=1S/C29H30N6O2/c1-31-18-29(35-17-25(26(30)36)27(33-35)32-28(37)20-7-8-20)10-12-34(13-11-29)16-19-6-9-24-22(14-19)15-21-4-2-3-5-23(21)24/h2-6,9,14,17,20H,7-8,10-13,15-16,18H2,(H2,30,36)(H,32,33,37). The van der Waals surface area contributed by atoms with Crippen LogP contribution in [0.4, 0.5) is 5.82 Å². The maximum Gasteiger partial charge on any atom is 0.254 e. The van der Waals surface area contributed by atoms with Crippen LogP contribution in [0.3, 0.4) is 0 Å². The molecule has 3 aromatic rings. The van der Waals surface area contributed by atoms with Crippen molar-refractivity contribution in [2.45, 2.75) is 44.2 Å². The first kappa shape index (κ1) is 23.4. The van der Waals surface area contributed by atoms with Gasteiger partial charge in [-0.25, -0.2) is 6.57 Å². The minimum absolute atomic E-state index is 0.0142. The number of aromatic nitrogens is 2. The number of primary amides is 1. The molecule has 0 radical (unpaired) electrons. The molecule has 1 saturated carbocycles. The summed E-state index contributed by atoms with van der Waals surface area (Å²) in [5.41, 5.74) is 12.0. The highest BCUT2D eigenvalue weighted by molar-refractivity contribution is 6.02. The smallest absolute Gasteiger partial charge is 0.254 e. The molecule has 188 valence electrons. The van der Waals surface area contributed by atoms with Crippen molar-refractivity contribution in [3.8, 4) is 11.1 Å². The largest absolute Gasteiger partial charge is 0.365 e. The molecule has 2 fully saturated rings. The second kappa shape index (κ2) is 9.16. The number of carbonyl (C=O) groups is 2. The highest BCUT2D eigenvalue weighted by Crippen LogP contribution is 2.38. The molecule has 8 heteroatoms. The van der Waals surface area contributed by atoms with E-state index in [4.69, 9.17) is 12.3 Å². The van der Waals surface area contributed by atoms with E-state index in [1.807, 2.05) is 0 Å². The van der Waals surface area contributed by atoms with E-state index in [-0.39, 0.29) is 29.8 Å². The second-order valence-corrected chi connectivity index (χ2v) is 10.6. The molecule has 0 atom stereocenters. The second-order valence-electron chi connectivity index (χ2n) is 10.6. The SMILES string of the molecule is [C-]#[N+]CC1(n2cc(C(N)=O)c(NC(=O)C3CC3)n2)CCN(Cc2ccc3c(c2)Cc2ccccc2-3)CC1. The number of hydrogen-bond acceptors (Lipinski definition) is 4. The van der Waals surface area contributed by atoms with Gasteiger partial charge in [-0.3, -0.25) is 19.2 Å². The average molecular weight is 495 g/mol. The summed E-state index contributed by atoms with van der Waals surface area (Å²) in [4.78, 5) is 30.6. The van der Waals surface area contributed by atoms with Crippen LogP contribution in [0.2, 0.25) is 0 Å². The van der Waals surface area contributed by atoms with E-state index in [2.05, 4.69) is 62.6 Å². The number of anilines is 1. The van der Waals surface area contributed by atoms with Crippen molar-refractivity contribution in [1.29, 1.82) is 0 Å². The molecule has 2 amide bonds. The molecule has 6 rings (SSSR count). The molecule has 0 bridgehead atoms. The first-order valence-electron chi connectivity index (χ1n) is 12.9. The van der Waals surface area contributed by atoms with Gasteiger partial charge in [-0.15, -0.1) is 0 Å². The topological polar surface area (TPSA) is 97.6 Å². The van der Waals surface area contributed by atoms with Crippen molar-refractivity contribution in [2.75, 3.05) is 25.0 Å². The first-order valence-corrected chi connectivity index (χ1v) is 12.9. The van der Waals surface area contributed by atoms with E-state index in [9.17, 15) is 9.59 Å². The quantitative estimate of drug-likeness (QED) is 0.382. The van der Waals surface area contributed by atoms with Gasteiger partial charge in [-0.1, -0.05) is 42.5 Å². The Hall–Kier alpha value is -3.96. The molecule has 8 nitrogen and oxygen atoms in total. The van der Waals surface area contributed by atoms with Crippen LogP contribution in [-0.2, 0) is 23.3 Å². The van der Waals surface area contributed by atoms with Crippen molar-refractivity contribution in [3.05, 3.63) is 82.3 Å². The molecule has 1 saturated heterocycles. The first-order chi connectivity index (χ1) is 18.0. The number of nitrogens with one attached hydrogen (secondary N) is 1. The van der Waals surface area contributed by atoms with E-state index in [1.165, 1.54) is 27.8 Å². The Morgan fingerprint density at radius 2 is 1.86 bits per heavy atom. The summed E-state index contributed by atoms with van der Waals surface area (Å²) >= 11 is 0. The van der Waals surface area contributed by atoms with Gasteiger partial charge in [0.25, 0.3) is 5.91 Å². The zero-order valence-electron chi connectivity index (χ0n) is 20.7. The highest BCUT2D eigenvalue weighted by atomic mass is 16.2. The van der Waals surface area contributed by atoms with Gasteiger partial charge in [0.1, 0.15) is 11.1 Å². The predicted octanol–water partition coefficient (Wildman–Crippen LogP) is 3.81. The summed E-state index contributed by atoms with van der Waals surface area (Å²) in [6.07, 6.45) is 5.75.